The van der Waals surface area contributed by atoms with Gasteiger partial charge >= 0.3 is 0 Å². The van der Waals surface area contributed by atoms with Crippen molar-refractivity contribution in [2.24, 2.45) is 0 Å². The van der Waals surface area contributed by atoms with Crippen molar-refractivity contribution in [1.29, 1.82) is 0 Å². The Balaban J connectivity index is 1.38. The predicted octanol–water partition coefficient (Wildman–Crippen LogP) is 7.10. The maximum atomic E-state index is 13.2. The number of allylic oxidation sites excluding steroid dienone is 5. The summed E-state index contributed by atoms with van der Waals surface area (Å²) in [5.74, 6) is 0.954. The first-order valence-corrected chi connectivity index (χ1v) is 14.7. The van der Waals surface area contributed by atoms with Gasteiger partial charge in [0.25, 0.3) is 5.91 Å². The van der Waals surface area contributed by atoms with Crippen LogP contribution in [0.5, 0.6) is 0 Å². The minimum atomic E-state index is -0.174. The standard InChI is InChI=1S/C32H35N5O2S/c1-4-9-27(38)26(34-31-17-16-30(36-37-31)33-23-14-15-23)18-21(5-2)24-11-8-12-25(20(24)3)35-32(39)29-19-22-10-6-7-13-28(22)40-29/h4-5,8-9,11-12,16-19,23H,6-7,10,13-15H2,1-3H3,(H,33,36)(H,34,37)(H,35,39)/b9-4-,21-5+,26-18+. The maximum absolute atomic E-state index is 13.2. The van der Waals surface area contributed by atoms with E-state index >= 15 is 0 Å². The van der Waals surface area contributed by atoms with Gasteiger partial charge in [0.15, 0.2) is 5.82 Å². The number of aryl methyl sites for hydroxylation is 2. The second-order valence-corrected chi connectivity index (χ2v) is 11.3. The van der Waals surface area contributed by atoms with Crippen LogP contribution in [0.2, 0.25) is 0 Å². The molecular formula is C32H35N5O2S. The molecule has 0 spiro atoms. The van der Waals surface area contributed by atoms with E-state index in [0.717, 1.165) is 58.8 Å². The number of anilines is 3. The number of benzene rings is 1. The van der Waals surface area contributed by atoms with Crippen molar-refractivity contribution in [2.75, 3.05) is 16.0 Å². The zero-order chi connectivity index (χ0) is 28.1. The fourth-order valence-electron chi connectivity index (χ4n) is 4.80. The molecule has 0 atom stereocenters. The summed E-state index contributed by atoms with van der Waals surface area (Å²) in [6.07, 6.45) is 13.8. The number of ketones is 1. The van der Waals surface area contributed by atoms with Crippen LogP contribution in [0.25, 0.3) is 5.57 Å². The number of aromatic nitrogens is 2. The van der Waals surface area contributed by atoms with Crippen molar-refractivity contribution in [3.63, 3.8) is 0 Å². The number of thiophene rings is 1. The molecule has 1 saturated carbocycles. The molecule has 0 saturated heterocycles. The van der Waals surface area contributed by atoms with Crippen LogP contribution >= 0.6 is 11.3 Å². The monoisotopic (exact) mass is 553 g/mol. The van der Waals surface area contributed by atoms with Gasteiger partial charge < -0.3 is 16.0 Å². The van der Waals surface area contributed by atoms with Gasteiger partial charge in [-0.3, -0.25) is 9.59 Å². The Bertz CT molecular complexity index is 1470. The van der Waals surface area contributed by atoms with Gasteiger partial charge in [0, 0.05) is 16.6 Å². The number of nitrogens with one attached hydrogen (secondary N) is 3. The van der Waals surface area contributed by atoms with Gasteiger partial charge in [-0.15, -0.1) is 21.5 Å². The van der Waals surface area contributed by atoms with Gasteiger partial charge in [-0.1, -0.05) is 24.3 Å². The Morgan fingerprint density at radius 1 is 1.00 bits per heavy atom. The molecule has 5 rings (SSSR count). The smallest absolute Gasteiger partial charge is 0.265 e. The van der Waals surface area contributed by atoms with E-state index in [4.69, 9.17) is 0 Å². The summed E-state index contributed by atoms with van der Waals surface area (Å²) in [7, 11) is 0. The molecule has 0 radical (unpaired) electrons. The van der Waals surface area contributed by atoms with E-state index in [1.165, 1.54) is 29.4 Å². The first-order valence-electron chi connectivity index (χ1n) is 13.9. The van der Waals surface area contributed by atoms with E-state index in [9.17, 15) is 9.59 Å². The van der Waals surface area contributed by atoms with Crippen LogP contribution in [-0.4, -0.2) is 27.9 Å². The summed E-state index contributed by atoms with van der Waals surface area (Å²) in [6.45, 7) is 5.73. The van der Waals surface area contributed by atoms with Crippen LogP contribution in [0.3, 0.4) is 0 Å². The molecule has 3 aromatic rings. The molecule has 1 fully saturated rings. The number of amides is 1. The normalized spacial score (nSPS) is 15.6. The first-order chi connectivity index (χ1) is 19.4. The van der Waals surface area contributed by atoms with Crippen LogP contribution in [0.1, 0.15) is 70.8 Å². The molecule has 0 aliphatic heterocycles. The summed E-state index contributed by atoms with van der Waals surface area (Å²) in [4.78, 5) is 28.3. The molecule has 2 aromatic heterocycles. The van der Waals surface area contributed by atoms with E-state index in [1.54, 1.807) is 17.4 Å². The number of carbonyl (C=O) groups is 2. The van der Waals surface area contributed by atoms with Gasteiger partial charge in [-0.2, -0.15) is 0 Å². The molecule has 40 heavy (non-hydrogen) atoms. The largest absolute Gasteiger partial charge is 0.366 e. The van der Waals surface area contributed by atoms with E-state index in [-0.39, 0.29) is 11.7 Å². The Hall–Kier alpha value is -4.04. The molecule has 1 aromatic carbocycles. The number of carbonyl (C=O) groups excluding carboxylic acids is 2. The van der Waals surface area contributed by atoms with Crippen LogP contribution < -0.4 is 16.0 Å². The highest BCUT2D eigenvalue weighted by molar-refractivity contribution is 7.14. The molecule has 8 heteroatoms. The van der Waals surface area contributed by atoms with Crippen molar-refractivity contribution in [2.45, 2.75) is 65.3 Å². The Morgan fingerprint density at radius 2 is 1.77 bits per heavy atom. The van der Waals surface area contributed by atoms with Crippen LogP contribution in [0.4, 0.5) is 17.3 Å². The lowest BCUT2D eigenvalue weighted by molar-refractivity contribution is -0.111. The fourth-order valence-corrected chi connectivity index (χ4v) is 5.95. The summed E-state index contributed by atoms with van der Waals surface area (Å²) < 4.78 is 0. The second kappa shape index (κ2) is 12.4. The topological polar surface area (TPSA) is 96.0 Å². The highest BCUT2D eigenvalue weighted by Crippen LogP contribution is 2.32. The van der Waals surface area contributed by atoms with Crippen LogP contribution in [0, 0.1) is 6.92 Å². The minimum Gasteiger partial charge on any atom is -0.366 e. The molecule has 0 unspecified atom stereocenters. The van der Waals surface area contributed by atoms with Gasteiger partial charge in [-0.25, -0.2) is 0 Å². The first kappa shape index (κ1) is 27.5. The molecule has 0 bridgehead atoms. The molecule has 3 N–H and O–H groups in total. The van der Waals surface area contributed by atoms with E-state index in [0.29, 0.717) is 17.6 Å². The minimum absolute atomic E-state index is 0.0824. The third-order valence-corrected chi connectivity index (χ3v) is 8.40. The Morgan fingerprint density at radius 3 is 2.48 bits per heavy atom. The molecule has 2 aliphatic rings. The Labute approximate surface area is 239 Å². The van der Waals surface area contributed by atoms with Crippen molar-refractivity contribution >= 4 is 45.9 Å². The van der Waals surface area contributed by atoms with Gasteiger partial charge in [0.05, 0.1) is 10.6 Å². The van der Waals surface area contributed by atoms with E-state index < -0.39 is 0 Å². The molecule has 7 nitrogen and oxygen atoms in total. The lowest BCUT2D eigenvalue weighted by Gasteiger charge is -2.15. The fraction of sp³-hybridized carbons (Fsp3) is 0.312. The molecule has 1 amide bonds. The average Bonchev–Trinajstić information content (AvgIpc) is 3.67. The zero-order valence-electron chi connectivity index (χ0n) is 23.2. The summed E-state index contributed by atoms with van der Waals surface area (Å²) in [5.41, 5.74) is 5.14. The second-order valence-electron chi connectivity index (χ2n) is 10.2. The maximum Gasteiger partial charge on any atom is 0.265 e. The van der Waals surface area contributed by atoms with E-state index in [2.05, 4.69) is 32.2 Å². The highest BCUT2D eigenvalue weighted by Gasteiger charge is 2.22. The summed E-state index contributed by atoms with van der Waals surface area (Å²) >= 11 is 1.61. The Kier molecular flexibility index (Phi) is 8.55. The van der Waals surface area contributed by atoms with Gasteiger partial charge in [0.1, 0.15) is 5.82 Å². The number of hydrogen-bond donors (Lipinski definition) is 3. The predicted molar refractivity (Wildman–Crippen MR) is 164 cm³/mol. The summed E-state index contributed by atoms with van der Waals surface area (Å²) in [6, 6.07) is 12.0. The van der Waals surface area contributed by atoms with Gasteiger partial charge in [-0.05, 0) is 118 Å². The van der Waals surface area contributed by atoms with E-state index in [1.807, 2.05) is 63.3 Å². The highest BCUT2D eigenvalue weighted by atomic mass is 32.1. The summed E-state index contributed by atoms with van der Waals surface area (Å²) in [5, 5.41) is 18.1. The van der Waals surface area contributed by atoms with Gasteiger partial charge in [0.2, 0.25) is 5.78 Å². The number of nitrogens with zero attached hydrogens (tertiary/aromatic N) is 2. The third-order valence-electron chi connectivity index (χ3n) is 7.16. The lowest BCUT2D eigenvalue weighted by atomic mass is 9.97. The third kappa shape index (κ3) is 6.57. The number of hydrogen-bond acceptors (Lipinski definition) is 7. The molecule has 2 aliphatic carbocycles. The van der Waals surface area contributed by atoms with Crippen LogP contribution in [-0.2, 0) is 17.6 Å². The molecule has 2 heterocycles. The SMILES string of the molecule is C/C=C\C(=O)/C(=C\C(=C/C)c1cccc(NC(=O)c2cc3c(s2)CCCC3)c1C)Nc1ccc(NC2CC2)nn1. The van der Waals surface area contributed by atoms with Crippen LogP contribution in [0.15, 0.2) is 66.4 Å². The van der Waals surface area contributed by atoms with Crippen molar-refractivity contribution in [3.05, 3.63) is 92.8 Å². The lowest BCUT2D eigenvalue weighted by Crippen LogP contribution is -2.13. The van der Waals surface area contributed by atoms with Crippen molar-refractivity contribution in [1.82, 2.24) is 10.2 Å². The average molecular weight is 554 g/mol. The number of rotatable bonds is 10. The van der Waals surface area contributed by atoms with Crippen molar-refractivity contribution < 1.29 is 9.59 Å². The quantitative estimate of drug-likeness (QED) is 0.183. The number of fused-ring (bicyclic) bond motifs is 1. The van der Waals surface area contributed by atoms with Crippen molar-refractivity contribution in [3.8, 4) is 0 Å². The zero-order valence-corrected chi connectivity index (χ0v) is 24.0. The molecular weight excluding hydrogens is 518 g/mol. The molecule has 206 valence electrons.